The number of fused-ring (bicyclic) bond motifs is 1. The minimum atomic E-state index is -0.217. The number of hydrogen-bond acceptors (Lipinski definition) is 3. The third kappa shape index (κ3) is 2.67. The van der Waals surface area contributed by atoms with Crippen molar-refractivity contribution in [1.82, 2.24) is 14.1 Å². The summed E-state index contributed by atoms with van der Waals surface area (Å²) in [6, 6.07) is 7.05. The Hall–Kier alpha value is -2.21. The molecule has 106 valence electrons. The molecular formula is C15H12BrN3O2. The average Bonchev–Trinajstić information content (AvgIpc) is 2.89. The Labute approximate surface area is 129 Å². The predicted octanol–water partition coefficient (Wildman–Crippen LogP) is 2.38. The van der Waals surface area contributed by atoms with Gasteiger partial charge in [0.15, 0.2) is 5.78 Å². The van der Waals surface area contributed by atoms with Crippen molar-refractivity contribution in [2.45, 2.75) is 6.54 Å². The number of aryl methyl sites for hydroxylation is 1. The summed E-state index contributed by atoms with van der Waals surface area (Å²) < 4.78 is 3.94. The molecule has 0 unspecified atom stereocenters. The molecule has 0 aliphatic heterocycles. The van der Waals surface area contributed by atoms with Gasteiger partial charge < -0.3 is 4.57 Å². The van der Waals surface area contributed by atoms with Crippen LogP contribution in [0.15, 0.2) is 52.3 Å². The Bertz CT molecular complexity index is 895. The molecule has 2 aromatic heterocycles. The molecule has 3 aromatic rings. The van der Waals surface area contributed by atoms with Crippen LogP contribution in [0.1, 0.15) is 10.4 Å². The van der Waals surface area contributed by atoms with E-state index in [2.05, 4.69) is 20.9 Å². The number of nitrogens with zero attached hydrogens (tertiary/aromatic N) is 3. The lowest BCUT2D eigenvalue weighted by Gasteiger charge is -2.05. The first kappa shape index (κ1) is 13.8. The molecular weight excluding hydrogens is 334 g/mol. The van der Waals surface area contributed by atoms with Crippen LogP contribution in [0.25, 0.3) is 10.9 Å². The fraction of sp³-hybridized carbons (Fsp3) is 0.133. The van der Waals surface area contributed by atoms with Gasteiger partial charge in [-0.15, -0.1) is 0 Å². The average molecular weight is 346 g/mol. The molecule has 0 atom stereocenters. The predicted molar refractivity (Wildman–Crippen MR) is 83.4 cm³/mol. The number of ketones is 1. The zero-order valence-corrected chi connectivity index (χ0v) is 12.9. The van der Waals surface area contributed by atoms with Crippen LogP contribution < -0.4 is 5.56 Å². The third-order valence-corrected chi connectivity index (χ3v) is 3.75. The molecule has 0 saturated carbocycles. The van der Waals surface area contributed by atoms with Gasteiger partial charge in [0.2, 0.25) is 0 Å². The number of halogens is 1. The molecule has 0 spiro atoms. The fourth-order valence-corrected chi connectivity index (χ4v) is 2.52. The maximum atomic E-state index is 12.4. The summed E-state index contributed by atoms with van der Waals surface area (Å²) >= 11 is 3.34. The van der Waals surface area contributed by atoms with Crippen LogP contribution in [-0.2, 0) is 13.6 Å². The van der Waals surface area contributed by atoms with Crippen LogP contribution in [0.3, 0.4) is 0 Å². The fourth-order valence-electron chi connectivity index (χ4n) is 2.16. The van der Waals surface area contributed by atoms with Gasteiger partial charge in [-0.25, -0.2) is 4.98 Å². The zero-order chi connectivity index (χ0) is 15.0. The third-order valence-electron chi connectivity index (χ3n) is 3.25. The molecule has 0 saturated heterocycles. The lowest BCUT2D eigenvalue weighted by Crippen LogP contribution is -2.24. The van der Waals surface area contributed by atoms with Gasteiger partial charge in [0.1, 0.15) is 0 Å². The van der Waals surface area contributed by atoms with Gasteiger partial charge in [0.25, 0.3) is 5.56 Å². The molecule has 3 rings (SSSR count). The number of carbonyl (C=O) groups is 1. The van der Waals surface area contributed by atoms with Gasteiger partial charge in [0, 0.05) is 29.5 Å². The molecule has 6 heteroatoms. The highest BCUT2D eigenvalue weighted by Gasteiger charge is 2.11. The molecule has 0 aliphatic carbocycles. The van der Waals surface area contributed by atoms with E-state index in [-0.39, 0.29) is 17.9 Å². The smallest absolute Gasteiger partial charge is 0.261 e. The van der Waals surface area contributed by atoms with Crippen LogP contribution in [0.5, 0.6) is 0 Å². The van der Waals surface area contributed by atoms with Gasteiger partial charge in [-0.2, -0.15) is 0 Å². The van der Waals surface area contributed by atoms with Gasteiger partial charge in [-0.3, -0.25) is 14.2 Å². The van der Waals surface area contributed by atoms with Crippen molar-refractivity contribution >= 4 is 32.6 Å². The Kier molecular flexibility index (Phi) is 3.47. The summed E-state index contributed by atoms with van der Waals surface area (Å²) in [6.45, 7) is -0.0156. The minimum Gasteiger partial charge on any atom is -0.357 e. The van der Waals surface area contributed by atoms with Gasteiger partial charge in [0.05, 0.1) is 23.8 Å². The van der Waals surface area contributed by atoms with E-state index in [1.54, 1.807) is 35.2 Å². The summed E-state index contributed by atoms with van der Waals surface area (Å²) in [7, 11) is 1.85. The number of benzene rings is 1. The van der Waals surface area contributed by atoms with Crippen molar-refractivity contribution in [1.29, 1.82) is 0 Å². The summed E-state index contributed by atoms with van der Waals surface area (Å²) in [5.74, 6) is -0.117. The standard InChI is InChI=1S/C15H12BrN3O2/c1-18-5-4-10(7-18)14(20)8-19-9-17-13-3-2-11(16)6-12(13)15(19)21/h2-7,9H,8H2,1H3. The molecule has 0 aliphatic rings. The SMILES string of the molecule is Cn1ccc(C(=O)Cn2cnc3ccc(Br)cc3c2=O)c1. The molecule has 2 heterocycles. The van der Waals surface area contributed by atoms with E-state index in [1.807, 2.05) is 13.1 Å². The van der Waals surface area contributed by atoms with Crippen LogP contribution in [0.2, 0.25) is 0 Å². The second-order valence-electron chi connectivity index (χ2n) is 4.83. The maximum absolute atomic E-state index is 12.4. The van der Waals surface area contributed by atoms with E-state index in [0.29, 0.717) is 16.5 Å². The second-order valence-corrected chi connectivity index (χ2v) is 5.74. The number of aromatic nitrogens is 3. The lowest BCUT2D eigenvalue weighted by molar-refractivity contribution is 0.0970. The number of rotatable bonds is 3. The van der Waals surface area contributed by atoms with E-state index < -0.39 is 0 Å². The quantitative estimate of drug-likeness (QED) is 0.685. The van der Waals surface area contributed by atoms with Crippen molar-refractivity contribution in [3.63, 3.8) is 0 Å². The van der Waals surface area contributed by atoms with E-state index in [0.717, 1.165) is 4.47 Å². The lowest BCUT2D eigenvalue weighted by atomic mass is 10.2. The molecule has 0 amide bonds. The second kappa shape index (κ2) is 5.29. The Morgan fingerprint density at radius 3 is 2.86 bits per heavy atom. The van der Waals surface area contributed by atoms with Crippen molar-refractivity contribution in [3.8, 4) is 0 Å². The van der Waals surface area contributed by atoms with Gasteiger partial charge >= 0.3 is 0 Å². The van der Waals surface area contributed by atoms with Crippen molar-refractivity contribution < 1.29 is 4.79 Å². The van der Waals surface area contributed by atoms with Crippen molar-refractivity contribution in [3.05, 3.63) is 63.4 Å². The monoisotopic (exact) mass is 345 g/mol. The normalized spacial score (nSPS) is 11.0. The molecule has 1 aromatic carbocycles. The number of carbonyl (C=O) groups excluding carboxylic acids is 1. The van der Waals surface area contributed by atoms with Crippen molar-refractivity contribution in [2.75, 3.05) is 0 Å². The van der Waals surface area contributed by atoms with Crippen LogP contribution in [-0.4, -0.2) is 19.9 Å². The summed E-state index contributed by atoms with van der Waals surface area (Å²) in [6.07, 6.45) is 4.95. The summed E-state index contributed by atoms with van der Waals surface area (Å²) in [4.78, 5) is 28.8. The van der Waals surface area contributed by atoms with E-state index >= 15 is 0 Å². The Morgan fingerprint density at radius 1 is 1.33 bits per heavy atom. The molecule has 5 nitrogen and oxygen atoms in total. The topological polar surface area (TPSA) is 56.9 Å². The first-order chi connectivity index (χ1) is 10.0. The first-order valence-corrected chi connectivity index (χ1v) is 7.14. The number of Topliss-reactive ketones (excluding diaryl/α,β-unsaturated/α-hetero) is 1. The largest absolute Gasteiger partial charge is 0.357 e. The molecule has 21 heavy (non-hydrogen) atoms. The Morgan fingerprint density at radius 2 is 2.14 bits per heavy atom. The summed E-state index contributed by atoms with van der Waals surface area (Å²) in [5, 5.41) is 0.493. The highest BCUT2D eigenvalue weighted by molar-refractivity contribution is 9.10. The molecule has 0 radical (unpaired) electrons. The van der Waals surface area contributed by atoms with Crippen LogP contribution in [0.4, 0.5) is 0 Å². The van der Waals surface area contributed by atoms with E-state index in [1.165, 1.54) is 10.9 Å². The first-order valence-electron chi connectivity index (χ1n) is 6.34. The van der Waals surface area contributed by atoms with E-state index in [4.69, 9.17) is 0 Å². The van der Waals surface area contributed by atoms with Crippen LogP contribution in [0, 0.1) is 0 Å². The highest BCUT2D eigenvalue weighted by atomic mass is 79.9. The molecule has 0 fully saturated rings. The zero-order valence-electron chi connectivity index (χ0n) is 11.3. The van der Waals surface area contributed by atoms with Crippen molar-refractivity contribution in [2.24, 2.45) is 7.05 Å². The molecule has 0 N–H and O–H groups in total. The van der Waals surface area contributed by atoms with E-state index in [9.17, 15) is 9.59 Å². The summed E-state index contributed by atoms with van der Waals surface area (Å²) in [5.41, 5.74) is 0.982. The number of hydrogen-bond donors (Lipinski definition) is 0. The Balaban J connectivity index is 1.99. The highest BCUT2D eigenvalue weighted by Crippen LogP contribution is 2.15. The molecule has 0 bridgehead atoms. The maximum Gasteiger partial charge on any atom is 0.261 e. The van der Waals surface area contributed by atoms with Gasteiger partial charge in [-0.1, -0.05) is 15.9 Å². The minimum absolute atomic E-state index is 0.0156. The van der Waals surface area contributed by atoms with Gasteiger partial charge in [-0.05, 0) is 24.3 Å². The van der Waals surface area contributed by atoms with Crippen LogP contribution >= 0.6 is 15.9 Å².